The van der Waals surface area contributed by atoms with Gasteiger partial charge in [-0.1, -0.05) is 144 Å². The number of rotatable bonds is 3. The second kappa shape index (κ2) is 13.8. The van der Waals surface area contributed by atoms with Crippen molar-refractivity contribution in [2.75, 3.05) is 9.80 Å². The van der Waals surface area contributed by atoms with Gasteiger partial charge in [0.15, 0.2) is 0 Å². The van der Waals surface area contributed by atoms with Gasteiger partial charge in [0.1, 0.15) is 5.58 Å². The molecule has 5 aliphatic rings. The Labute approximate surface area is 401 Å². The topological polar surface area (TPSA) is 19.6 Å². The third-order valence-electron chi connectivity index (χ3n) is 18.1. The minimum absolute atomic E-state index is 0.0325. The summed E-state index contributed by atoms with van der Waals surface area (Å²) in [7, 11) is 0. The van der Waals surface area contributed by atoms with E-state index in [9.17, 15) is 0 Å². The molecule has 0 radical (unpaired) electrons. The zero-order chi connectivity index (χ0) is 47.0. The molecule has 0 saturated heterocycles. The van der Waals surface area contributed by atoms with Crippen molar-refractivity contribution in [2.45, 2.75) is 161 Å². The van der Waals surface area contributed by atoms with Crippen LogP contribution < -0.4 is 26.4 Å². The van der Waals surface area contributed by atoms with Gasteiger partial charge in [-0.3, -0.25) is 0 Å². The van der Waals surface area contributed by atoms with Gasteiger partial charge < -0.3 is 14.2 Å². The van der Waals surface area contributed by atoms with E-state index in [1.165, 1.54) is 113 Å². The molecule has 0 N–H and O–H groups in total. The summed E-state index contributed by atoms with van der Waals surface area (Å²) in [5.41, 5.74) is 25.0. The first-order chi connectivity index (χ1) is 31.6. The summed E-state index contributed by atoms with van der Waals surface area (Å²) in [5.74, 6) is 0. The Bertz CT molecular complexity index is 3230. The van der Waals surface area contributed by atoms with Gasteiger partial charge in [-0.25, -0.2) is 0 Å². The van der Waals surface area contributed by atoms with Gasteiger partial charge >= 0.3 is 0 Å². The van der Waals surface area contributed by atoms with Crippen LogP contribution in [0.1, 0.15) is 161 Å². The molecule has 2 aliphatic heterocycles. The number of hydrogen-bond donors (Lipinski definition) is 0. The van der Waals surface area contributed by atoms with Crippen molar-refractivity contribution in [3.05, 3.63) is 148 Å². The SMILES string of the molecule is Cc1cc2c3c(c1)N(c1ccccc1-c1ccccc1)c1c(oc4cc5c(cc14)C(C)(C)CCC5(C)C)B3c1cc3c(cc1N2c1ccc2c(c1)C(C)(C)CCC2(C)C)C(C)(C)CCC3(C)C. The fourth-order valence-corrected chi connectivity index (χ4v) is 13.5. The Morgan fingerprint density at radius 1 is 0.448 bits per heavy atom. The maximum absolute atomic E-state index is 7.69. The highest BCUT2D eigenvalue weighted by Gasteiger charge is 2.50. The first-order valence-electron chi connectivity index (χ1n) is 25.4. The van der Waals surface area contributed by atoms with Crippen LogP contribution in [0.15, 0.2) is 114 Å². The summed E-state index contributed by atoms with van der Waals surface area (Å²) in [4.78, 5) is 5.29. The van der Waals surface area contributed by atoms with E-state index in [1.807, 2.05) is 0 Å². The van der Waals surface area contributed by atoms with Gasteiger partial charge in [0.2, 0.25) is 0 Å². The number of anilines is 6. The van der Waals surface area contributed by atoms with Crippen molar-refractivity contribution in [1.29, 1.82) is 0 Å². The molecule has 0 spiro atoms. The lowest BCUT2D eigenvalue weighted by atomic mass is 9.35. The summed E-state index contributed by atoms with van der Waals surface area (Å²) in [6.45, 7) is 31.7. The molecule has 0 fully saturated rings. The molecule has 3 aliphatic carbocycles. The molecule has 0 unspecified atom stereocenters. The van der Waals surface area contributed by atoms with Crippen LogP contribution in [0.5, 0.6) is 0 Å². The van der Waals surface area contributed by atoms with Gasteiger partial charge in [0, 0.05) is 33.7 Å². The Morgan fingerprint density at radius 2 is 0.955 bits per heavy atom. The largest absolute Gasteiger partial charge is 0.468 e. The molecule has 7 aromatic rings. The second-order valence-corrected chi connectivity index (χ2v) is 25.4. The Morgan fingerprint density at radius 3 is 1.58 bits per heavy atom. The van der Waals surface area contributed by atoms with Crippen molar-refractivity contribution >= 4 is 68.4 Å². The van der Waals surface area contributed by atoms with Crippen molar-refractivity contribution in [2.24, 2.45) is 0 Å². The van der Waals surface area contributed by atoms with Gasteiger partial charge in [-0.05, 0) is 182 Å². The standard InChI is InChI=1S/C63H69BN2O/c1-38-31-52-55-53(32-38)66(50-22-18-17-21-41(50)39-19-15-14-16-20-39)56-42-34-45-48(63(12,13)30-27-60(45,6)7)37-54(42)67-57(56)64(55)49-35-46-47(62(10,11)29-28-61(46,8)9)36-51(49)65(52)40-23-24-43-44(33-40)59(4,5)26-25-58(43,2)3/h14-24,31-37H,25-30H2,1-13H3. The summed E-state index contributed by atoms with van der Waals surface area (Å²) in [5, 5.41) is 1.21. The summed E-state index contributed by atoms with van der Waals surface area (Å²) in [6.07, 6.45) is 7.01. The van der Waals surface area contributed by atoms with E-state index >= 15 is 0 Å². The van der Waals surface area contributed by atoms with Crippen LogP contribution in [0, 0.1) is 6.92 Å². The molecule has 340 valence electrons. The second-order valence-electron chi connectivity index (χ2n) is 25.4. The number of furan rings is 1. The van der Waals surface area contributed by atoms with Crippen molar-refractivity contribution < 1.29 is 4.42 Å². The highest BCUT2D eigenvalue weighted by Crippen LogP contribution is 2.55. The van der Waals surface area contributed by atoms with E-state index in [2.05, 4.69) is 209 Å². The average molecular weight is 881 g/mol. The molecule has 0 saturated carbocycles. The minimum Gasteiger partial charge on any atom is -0.468 e. The molecule has 67 heavy (non-hydrogen) atoms. The Kier molecular flexibility index (Phi) is 8.84. The summed E-state index contributed by atoms with van der Waals surface area (Å²) < 4.78 is 7.69. The first-order valence-corrected chi connectivity index (χ1v) is 25.4. The predicted molar refractivity (Wildman–Crippen MR) is 286 cm³/mol. The number of nitrogens with zero attached hydrogens (tertiary/aromatic N) is 2. The summed E-state index contributed by atoms with van der Waals surface area (Å²) in [6, 6.07) is 42.8. The molecule has 0 bridgehead atoms. The molecule has 6 aromatic carbocycles. The maximum atomic E-state index is 7.69. The normalized spacial score (nSPS) is 20.6. The van der Waals surface area contributed by atoms with E-state index in [4.69, 9.17) is 4.42 Å². The lowest BCUT2D eigenvalue weighted by Gasteiger charge is -2.47. The highest BCUT2D eigenvalue weighted by atomic mass is 16.3. The smallest absolute Gasteiger partial charge is 0.297 e. The monoisotopic (exact) mass is 881 g/mol. The first kappa shape index (κ1) is 42.8. The zero-order valence-corrected chi connectivity index (χ0v) is 42.5. The van der Waals surface area contributed by atoms with E-state index in [-0.39, 0.29) is 39.2 Å². The fraction of sp³-hybridized carbons (Fsp3) is 0.397. The summed E-state index contributed by atoms with van der Waals surface area (Å²) >= 11 is 0. The highest BCUT2D eigenvalue weighted by molar-refractivity contribution is 7.00. The number of benzene rings is 6. The minimum atomic E-state index is -0.114. The van der Waals surface area contributed by atoms with Crippen LogP contribution in [0.4, 0.5) is 34.1 Å². The van der Waals surface area contributed by atoms with Crippen molar-refractivity contribution in [3.8, 4) is 11.1 Å². The van der Waals surface area contributed by atoms with E-state index in [1.54, 1.807) is 0 Å². The Balaban J connectivity index is 1.23. The van der Waals surface area contributed by atoms with Gasteiger partial charge in [-0.2, -0.15) is 0 Å². The lowest BCUT2D eigenvalue weighted by Crippen LogP contribution is -2.61. The fourth-order valence-electron chi connectivity index (χ4n) is 13.5. The number of hydrogen-bond acceptors (Lipinski definition) is 3. The number of fused-ring (bicyclic) bond motifs is 9. The predicted octanol–water partition coefficient (Wildman–Crippen LogP) is 15.5. The number of aryl methyl sites for hydroxylation is 1. The molecule has 4 heteroatoms. The van der Waals surface area contributed by atoms with E-state index in [0.29, 0.717) is 0 Å². The third-order valence-corrected chi connectivity index (χ3v) is 18.1. The van der Waals surface area contributed by atoms with E-state index < -0.39 is 0 Å². The Hall–Kier alpha value is -5.48. The van der Waals surface area contributed by atoms with E-state index in [0.717, 1.165) is 36.9 Å². The molecule has 3 nitrogen and oxygen atoms in total. The lowest BCUT2D eigenvalue weighted by molar-refractivity contribution is 0.332. The molecule has 0 atom stereocenters. The van der Waals surface area contributed by atoms with Gasteiger partial charge in [-0.15, -0.1) is 0 Å². The van der Waals surface area contributed by atoms with Crippen LogP contribution in [-0.4, -0.2) is 6.71 Å². The molecular weight excluding hydrogens is 812 g/mol. The average Bonchev–Trinajstić information content (AvgIpc) is 3.66. The van der Waals surface area contributed by atoms with Crippen LogP contribution in [0.3, 0.4) is 0 Å². The maximum Gasteiger partial charge on any atom is 0.297 e. The zero-order valence-electron chi connectivity index (χ0n) is 42.5. The van der Waals surface area contributed by atoms with Crippen molar-refractivity contribution in [1.82, 2.24) is 0 Å². The van der Waals surface area contributed by atoms with Gasteiger partial charge in [0.25, 0.3) is 6.71 Å². The van der Waals surface area contributed by atoms with Crippen LogP contribution >= 0.6 is 0 Å². The van der Waals surface area contributed by atoms with Crippen LogP contribution in [0.2, 0.25) is 0 Å². The molecule has 1 aromatic heterocycles. The van der Waals surface area contributed by atoms with Crippen LogP contribution in [0.25, 0.3) is 22.1 Å². The number of para-hydroxylation sites is 1. The molecule has 0 amide bonds. The van der Waals surface area contributed by atoms with Gasteiger partial charge in [0.05, 0.1) is 17.0 Å². The quantitative estimate of drug-likeness (QED) is 0.165. The van der Waals surface area contributed by atoms with Crippen molar-refractivity contribution in [3.63, 3.8) is 0 Å². The molecule has 3 heterocycles. The molecule has 12 rings (SSSR count). The van der Waals surface area contributed by atoms with Crippen LogP contribution in [-0.2, 0) is 32.5 Å². The third kappa shape index (κ3) is 6.15. The molecular formula is C63H69BN2O.